The minimum Gasteiger partial charge on any atom is -0.341 e. The van der Waals surface area contributed by atoms with Crippen molar-refractivity contribution in [2.24, 2.45) is 0 Å². The predicted octanol–water partition coefficient (Wildman–Crippen LogP) is 4.39. The van der Waals surface area contributed by atoms with Gasteiger partial charge in [-0.15, -0.1) is 11.3 Å². The average Bonchev–Trinajstić information content (AvgIpc) is 2.96. The van der Waals surface area contributed by atoms with Crippen LogP contribution in [0.15, 0.2) is 30.3 Å². The summed E-state index contributed by atoms with van der Waals surface area (Å²) in [5.41, 5.74) is 4.06. The molecule has 0 radical (unpaired) electrons. The van der Waals surface area contributed by atoms with Crippen molar-refractivity contribution >= 4 is 17.2 Å². The molecule has 0 saturated carbocycles. The number of unbranched alkanes of at least 4 members (excludes halogenated alkanes) is 1. The van der Waals surface area contributed by atoms with Crippen molar-refractivity contribution in [1.82, 2.24) is 4.90 Å². The Morgan fingerprint density at radius 2 is 2.00 bits per heavy atom. The molecule has 110 valence electrons. The number of amides is 1. The maximum absolute atomic E-state index is 12.5. The zero-order chi connectivity index (χ0) is 14.8. The van der Waals surface area contributed by atoms with Crippen LogP contribution >= 0.6 is 11.3 Å². The van der Waals surface area contributed by atoms with Crippen LogP contribution in [0.4, 0.5) is 0 Å². The van der Waals surface area contributed by atoms with E-state index < -0.39 is 0 Å². The van der Waals surface area contributed by atoms with Crippen molar-refractivity contribution < 1.29 is 4.79 Å². The Labute approximate surface area is 130 Å². The lowest BCUT2D eigenvalue weighted by Gasteiger charge is -2.15. The van der Waals surface area contributed by atoms with Gasteiger partial charge in [0, 0.05) is 18.5 Å². The summed E-state index contributed by atoms with van der Waals surface area (Å²) in [6.45, 7) is 2.99. The van der Waals surface area contributed by atoms with E-state index in [1.165, 1.54) is 21.6 Å². The molecule has 0 atom stereocenters. The van der Waals surface area contributed by atoms with Crippen LogP contribution in [0.25, 0.3) is 10.4 Å². The highest BCUT2D eigenvalue weighted by Gasteiger charge is 2.22. The van der Waals surface area contributed by atoms with Crippen LogP contribution in [-0.2, 0) is 12.8 Å². The number of thiophene rings is 1. The minimum atomic E-state index is 0.167. The van der Waals surface area contributed by atoms with Gasteiger partial charge >= 0.3 is 0 Å². The number of carbonyl (C=O) groups excluding carboxylic acids is 1. The predicted molar refractivity (Wildman–Crippen MR) is 89.0 cm³/mol. The third-order valence-electron chi connectivity index (χ3n) is 4.14. The maximum atomic E-state index is 12.5. The van der Waals surface area contributed by atoms with Crippen molar-refractivity contribution in [3.05, 3.63) is 46.3 Å². The van der Waals surface area contributed by atoms with Crippen LogP contribution < -0.4 is 0 Å². The van der Waals surface area contributed by atoms with Gasteiger partial charge in [0.25, 0.3) is 5.91 Å². The number of aryl methyl sites for hydroxylation is 2. The molecule has 3 rings (SSSR count). The second-order valence-electron chi connectivity index (χ2n) is 5.70. The topological polar surface area (TPSA) is 20.3 Å². The second kappa shape index (κ2) is 6.02. The Balaban J connectivity index is 1.88. The molecule has 1 heterocycles. The molecule has 0 bridgehead atoms. The van der Waals surface area contributed by atoms with Gasteiger partial charge in [-0.05, 0) is 42.0 Å². The van der Waals surface area contributed by atoms with Crippen molar-refractivity contribution in [3.8, 4) is 10.4 Å². The smallest absolute Gasteiger partial charge is 0.263 e. The highest BCUT2D eigenvalue weighted by molar-refractivity contribution is 7.17. The van der Waals surface area contributed by atoms with E-state index in [4.69, 9.17) is 0 Å². The third kappa shape index (κ3) is 2.75. The summed E-state index contributed by atoms with van der Waals surface area (Å²) in [6, 6.07) is 10.7. The molecule has 0 saturated heterocycles. The monoisotopic (exact) mass is 299 g/mol. The van der Waals surface area contributed by atoms with Gasteiger partial charge in [0.15, 0.2) is 0 Å². The normalized spacial score (nSPS) is 12.7. The molecule has 1 aliphatic carbocycles. The molecule has 2 nitrogen and oxygen atoms in total. The molecule has 0 N–H and O–H groups in total. The Hall–Kier alpha value is -1.61. The summed E-state index contributed by atoms with van der Waals surface area (Å²) >= 11 is 1.66. The van der Waals surface area contributed by atoms with Crippen LogP contribution in [0.5, 0.6) is 0 Å². The van der Waals surface area contributed by atoms with E-state index in [1.54, 1.807) is 11.3 Å². The van der Waals surface area contributed by atoms with Crippen molar-refractivity contribution in [3.63, 3.8) is 0 Å². The lowest BCUT2D eigenvalue weighted by atomic mass is 9.91. The fraction of sp³-hybridized carbons (Fsp3) is 0.389. The zero-order valence-corrected chi connectivity index (χ0v) is 13.5. The molecule has 0 spiro atoms. The van der Waals surface area contributed by atoms with Crippen LogP contribution in [-0.4, -0.2) is 24.4 Å². The van der Waals surface area contributed by atoms with E-state index in [0.29, 0.717) is 0 Å². The number of rotatable bonds is 4. The standard InChI is InChI=1S/C18H21NOS/c1-3-4-11-19(2)18(20)16-12-14-10-9-13-7-5-6-8-15(13)17(14)21-16/h5-8,12H,3-4,9-11H2,1-2H3. The van der Waals surface area contributed by atoms with Crippen LogP contribution in [0.3, 0.4) is 0 Å². The molecule has 1 amide bonds. The number of hydrogen-bond donors (Lipinski definition) is 0. The molecule has 3 heteroatoms. The van der Waals surface area contributed by atoms with Crippen molar-refractivity contribution in [2.75, 3.05) is 13.6 Å². The maximum Gasteiger partial charge on any atom is 0.263 e. The Morgan fingerprint density at radius 3 is 2.81 bits per heavy atom. The van der Waals surface area contributed by atoms with Gasteiger partial charge in [-0.25, -0.2) is 0 Å². The summed E-state index contributed by atoms with van der Waals surface area (Å²) < 4.78 is 0. The highest BCUT2D eigenvalue weighted by atomic mass is 32.1. The van der Waals surface area contributed by atoms with E-state index in [9.17, 15) is 4.79 Å². The van der Waals surface area contributed by atoms with E-state index in [1.807, 2.05) is 11.9 Å². The fourth-order valence-electron chi connectivity index (χ4n) is 2.86. The third-order valence-corrected chi connectivity index (χ3v) is 5.34. The first-order valence-electron chi connectivity index (χ1n) is 7.67. The first-order chi connectivity index (χ1) is 10.2. The molecule has 1 aromatic carbocycles. The van der Waals surface area contributed by atoms with E-state index in [-0.39, 0.29) is 5.91 Å². The van der Waals surface area contributed by atoms with Gasteiger partial charge in [0.2, 0.25) is 0 Å². The van der Waals surface area contributed by atoms with Crippen molar-refractivity contribution in [2.45, 2.75) is 32.6 Å². The van der Waals surface area contributed by atoms with Gasteiger partial charge in [-0.2, -0.15) is 0 Å². The van der Waals surface area contributed by atoms with E-state index in [0.717, 1.165) is 37.1 Å². The molecule has 0 unspecified atom stereocenters. The molecular weight excluding hydrogens is 278 g/mol. The summed E-state index contributed by atoms with van der Waals surface area (Å²) in [4.78, 5) is 16.6. The van der Waals surface area contributed by atoms with Crippen LogP contribution in [0, 0.1) is 0 Å². The number of benzene rings is 1. The van der Waals surface area contributed by atoms with Crippen LogP contribution in [0.1, 0.15) is 40.6 Å². The average molecular weight is 299 g/mol. The SMILES string of the molecule is CCCCN(C)C(=O)c1cc2c(s1)-c1ccccc1CC2. The number of nitrogens with zero attached hydrogens (tertiary/aromatic N) is 1. The number of hydrogen-bond acceptors (Lipinski definition) is 2. The quantitative estimate of drug-likeness (QED) is 0.820. The lowest BCUT2D eigenvalue weighted by Crippen LogP contribution is -2.26. The summed E-state index contributed by atoms with van der Waals surface area (Å²) in [7, 11) is 1.91. The molecular formula is C18H21NOS. The van der Waals surface area contributed by atoms with E-state index in [2.05, 4.69) is 37.3 Å². The fourth-order valence-corrected chi connectivity index (χ4v) is 4.13. The highest BCUT2D eigenvalue weighted by Crippen LogP contribution is 2.39. The summed E-state index contributed by atoms with van der Waals surface area (Å²) in [5.74, 6) is 0.167. The molecule has 21 heavy (non-hydrogen) atoms. The lowest BCUT2D eigenvalue weighted by molar-refractivity contribution is 0.0798. The molecule has 1 aliphatic rings. The molecule has 0 aliphatic heterocycles. The Morgan fingerprint density at radius 1 is 1.24 bits per heavy atom. The Kier molecular flexibility index (Phi) is 4.11. The van der Waals surface area contributed by atoms with Gasteiger partial charge in [-0.1, -0.05) is 37.6 Å². The second-order valence-corrected chi connectivity index (χ2v) is 6.75. The largest absolute Gasteiger partial charge is 0.341 e. The number of carbonyl (C=O) groups is 1. The van der Waals surface area contributed by atoms with Gasteiger partial charge in [0.1, 0.15) is 0 Å². The van der Waals surface area contributed by atoms with Gasteiger partial charge in [-0.3, -0.25) is 4.79 Å². The summed E-state index contributed by atoms with van der Waals surface area (Å²) in [5, 5.41) is 0. The Bertz CT molecular complexity index is 659. The van der Waals surface area contributed by atoms with Gasteiger partial charge in [0.05, 0.1) is 4.88 Å². The first-order valence-corrected chi connectivity index (χ1v) is 8.48. The van der Waals surface area contributed by atoms with Crippen molar-refractivity contribution in [1.29, 1.82) is 0 Å². The van der Waals surface area contributed by atoms with Crippen LogP contribution in [0.2, 0.25) is 0 Å². The number of fused-ring (bicyclic) bond motifs is 3. The molecule has 2 aromatic rings. The summed E-state index contributed by atoms with van der Waals surface area (Å²) in [6.07, 6.45) is 4.32. The van der Waals surface area contributed by atoms with Gasteiger partial charge < -0.3 is 4.90 Å². The van der Waals surface area contributed by atoms with E-state index >= 15 is 0 Å². The minimum absolute atomic E-state index is 0.167. The molecule has 0 fully saturated rings. The first kappa shape index (κ1) is 14.3. The zero-order valence-electron chi connectivity index (χ0n) is 12.7. The molecule has 1 aromatic heterocycles.